The van der Waals surface area contributed by atoms with E-state index in [1.807, 2.05) is 27.8 Å². The normalized spacial score (nSPS) is 17.4. The molecule has 2 aromatic rings. The van der Waals surface area contributed by atoms with Crippen LogP contribution >= 0.6 is 0 Å². The molecule has 0 aliphatic carbocycles. The zero-order valence-corrected chi connectivity index (χ0v) is 16.4. The number of amides is 1. The molecule has 0 bridgehead atoms. The Labute approximate surface area is 168 Å². The number of hydrogen-bond donors (Lipinski definition) is 3. The van der Waals surface area contributed by atoms with Crippen molar-refractivity contribution in [1.29, 1.82) is 0 Å². The zero-order chi connectivity index (χ0) is 20.6. The number of benzene rings is 2. The minimum Gasteiger partial charge on any atom is -0.506 e. The maximum atomic E-state index is 12.6. The highest BCUT2D eigenvalue weighted by Crippen LogP contribution is 2.32. The Bertz CT molecular complexity index is 1100. The fourth-order valence-electron chi connectivity index (χ4n) is 3.62. The number of nitrogens with one attached hydrogen (secondary N) is 1. The third kappa shape index (κ3) is 3.86. The van der Waals surface area contributed by atoms with E-state index in [4.69, 9.17) is 0 Å². The molecule has 152 valence electrons. The Balaban J connectivity index is 1.41. The number of phenolic OH excluding ortho intramolecular Hbond substituents is 1. The van der Waals surface area contributed by atoms with E-state index in [1.54, 1.807) is 6.07 Å². The van der Waals surface area contributed by atoms with Crippen LogP contribution in [0.4, 0.5) is 5.69 Å². The number of phenols is 1. The van der Waals surface area contributed by atoms with Crippen molar-refractivity contribution >= 4 is 21.8 Å². The van der Waals surface area contributed by atoms with Crippen molar-refractivity contribution in [2.75, 3.05) is 10.8 Å². The summed E-state index contributed by atoms with van der Waals surface area (Å²) >= 11 is 0. The lowest BCUT2D eigenvalue weighted by Crippen LogP contribution is -2.36. The van der Waals surface area contributed by atoms with Crippen LogP contribution in [0.2, 0.25) is 0 Å². The van der Waals surface area contributed by atoms with Gasteiger partial charge in [0.05, 0.1) is 6.20 Å². The van der Waals surface area contributed by atoms with E-state index in [-0.39, 0.29) is 17.3 Å². The van der Waals surface area contributed by atoms with E-state index in [0.29, 0.717) is 25.9 Å². The predicted molar refractivity (Wildman–Crippen MR) is 107 cm³/mol. The van der Waals surface area contributed by atoms with Crippen LogP contribution in [-0.2, 0) is 34.4 Å². The Kier molecular flexibility index (Phi) is 4.83. The summed E-state index contributed by atoms with van der Waals surface area (Å²) in [5.74, 6) is -0.734. The predicted octanol–water partition coefficient (Wildman–Crippen LogP) is 1.92. The van der Waals surface area contributed by atoms with Gasteiger partial charge < -0.3 is 15.1 Å². The number of aromatic hydroxyl groups is 1. The van der Waals surface area contributed by atoms with Gasteiger partial charge in [0.1, 0.15) is 11.4 Å². The topological polar surface area (TPSA) is 110 Å². The summed E-state index contributed by atoms with van der Waals surface area (Å²) in [7, 11) is -3.97. The number of aryl methyl sites for hydroxylation is 1. The maximum Gasteiger partial charge on any atom is 0.330 e. The minimum atomic E-state index is -3.97. The van der Waals surface area contributed by atoms with Gasteiger partial charge in [0.25, 0.3) is 0 Å². The second-order valence-electron chi connectivity index (χ2n) is 7.07. The van der Waals surface area contributed by atoms with Gasteiger partial charge in [-0.05, 0) is 41.7 Å². The first-order valence-electron chi connectivity index (χ1n) is 9.23. The molecule has 0 atom stereocenters. The summed E-state index contributed by atoms with van der Waals surface area (Å²) in [6, 6.07) is 12.7. The smallest absolute Gasteiger partial charge is 0.330 e. The second kappa shape index (κ2) is 7.32. The van der Waals surface area contributed by atoms with Crippen LogP contribution in [0.1, 0.15) is 23.1 Å². The first kappa shape index (κ1) is 19.1. The third-order valence-corrected chi connectivity index (χ3v) is 6.41. The largest absolute Gasteiger partial charge is 0.506 e. The molecule has 3 N–H and O–H groups in total. The van der Waals surface area contributed by atoms with E-state index < -0.39 is 16.1 Å². The molecule has 0 radical (unpaired) electrons. The van der Waals surface area contributed by atoms with Crippen LogP contribution in [0.5, 0.6) is 5.75 Å². The molecule has 9 heteroatoms. The minimum absolute atomic E-state index is 0.0178. The molecule has 0 unspecified atom stereocenters. The molecule has 0 fully saturated rings. The molecule has 2 aliphatic heterocycles. The molecule has 1 amide bonds. The van der Waals surface area contributed by atoms with Gasteiger partial charge in [0.2, 0.25) is 11.8 Å². The third-order valence-electron chi connectivity index (χ3n) is 5.12. The van der Waals surface area contributed by atoms with Crippen molar-refractivity contribution < 1.29 is 23.4 Å². The lowest BCUT2D eigenvalue weighted by molar-refractivity contribution is -0.132. The van der Waals surface area contributed by atoms with Gasteiger partial charge in [-0.15, -0.1) is 0 Å². The van der Waals surface area contributed by atoms with Crippen molar-refractivity contribution in [2.45, 2.75) is 25.8 Å². The van der Waals surface area contributed by atoms with Gasteiger partial charge in [-0.3, -0.25) is 4.79 Å². The number of fused-ring (bicyclic) bond motifs is 1. The van der Waals surface area contributed by atoms with Gasteiger partial charge in [0, 0.05) is 19.5 Å². The van der Waals surface area contributed by atoms with E-state index in [0.717, 1.165) is 22.5 Å². The van der Waals surface area contributed by atoms with Crippen molar-refractivity contribution in [3.05, 3.63) is 71.2 Å². The number of anilines is 1. The van der Waals surface area contributed by atoms with Crippen LogP contribution < -0.4 is 9.03 Å². The van der Waals surface area contributed by atoms with Crippen LogP contribution in [-0.4, -0.2) is 36.0 Å². The molecule has 0 aromatic heterocycles. The van der Waals surface area contributed by atoms with Gasteiger partial charge in [-0.1, -0.05) is 30.3 Å². The molecule has 4 rings (SSSR count). The molecule has 2 heterocycles. The first-order chi connectivity index (χ1) is 13.8. The van der Waals surface area contributed by atoms with Gasteiger partial charge in [0.15, 0.2) is 0 Å². The number of rotatable bonds is 4. The van der Waals surface area contributed by atoms with Crippen molar-refractivity contribution in [1.82, 2.24) is 9.62 Å². The van der Waals surface area contributed by atoms with Crippen molar-refractivity contribution in [2.24, 2.45) is 0 Å². The average molecular weight is 415 g/mol. The number of carbonyl (C=O) groups is 1. The summed E-state index contributed by atoms with van der Waals surface area (Å²) in [6.45, 7) is 1.30. The Morgan fingerprint density at radius 1 is 1.10 bits per heavy atom. The van der Waals surface area contributed by atoms with Crippen LogP contribution in [0.25, 0.3) is 0 Å². The fraction of sp³-hybridized carbons (Fsp3) is 0.250. The van der Waals surface area contributed by atoms with Crippen molar-refractivity contribution in [3.63, 3.8) is 0 Å². The molecule has 0 saturated carbocycles. The number of aliphatic hydroxyl groups is 1. The SMILES string of the molecule is O=C(CCc1ccc(N2C=C(O)NS2(=O)=O)c(O)c1)N1CCc2ccccc2C1. The summed E-state index contributed by atoms with van der Waals surface area (Å²) in [6.07, 6.45) is 2.54. The first-order valence-corrected chi connectivity index (χ1v) is 10.7. The van der Waals surface area contributed by atoms with E-state index in [9.17, 15) is 23.4 Å². The molecule has 2 aromatic carbocycles. The lowest BCUT2D eigenvalue weighted by Gasteiger charge is -2.29. The highest BCUT2D eigenvalue weighted by Gasteiger charge is 2.30. The van der Waals surface area contributed by atoms with Gasteiger partial charge in [-0.2, -0.15) is 8.42 Å². The zero-order valence-electron chi connectivity index (χ0n) is 15.6. The Morgan fingerprint density at radius 2 is 1.86 bits per heavy atom. The molecule has 2 aliphatic rings. The quantitative estimate of drug-likeness (QED) is 0.707. The van der Waals surface area contributed by atoms with E-state index in [2.05, 4.69) is 6.07 Å². The lowest BCUT2D eigenvalue weighted by atomic mass is 9.99. The van der Waals surface area contributed by atoms with Gasteiger partial charge >= 0.3 is 10.2 Å². The van der Waals surface area contributed by atoms with Crippen LogP contribution in [0.15, 0.2) is 54.5 Å². The van der Waals surface area contributed by atoms with Crippen molar-refractivity contribution in [3.8, 4) is 5.75 Å². The number of hydrogen-bond acceptors (Lipinski definition) is 5. The van der Waals surface area contributed by atoms with E-state index in [1.165, 1.54) is 23.3 Å². The number of nitrogens with zero attached hydrogens (tertiary/aromatic N) is 2. The Morgan fingerprint density at radius 3 is 2.55 bits per heavy atom. The summed E-state index contributed by atoms with van der Waals surface area (Å²) in [5.41, 5.74) is 3.19. The molecular weight excluding hydrogens is 394 g/mol. The standard InChI is InChI=1S/C20H21N3O5S/c24-18-11-14(5-7-17(18)23-13-19(25)21-29(23,27)28)6-8-20(26)22-10-9-15-3-1-2-4-16(15)12-22/h1-5,7,11,13,21,24-25H,6,8-10,12H2. The molecule has 29 heavy (non-hydrogen) atoms. The molecular formula is C20H21N3O5S. The van der Waals surface area contributed by atoms with E-state index >= 15 is 0 Å². The second-order valence-corrected chi connectivity index (χ2v) is 8.62. The monoisotopic (exact) mass is 415 g/mol. The average Bonchev–Trinajstić information content (AvgIpc) is 2.97. The number of carbonyl (C=O) groups excluding carboxylic acids is 1. The molecule has 0 saturated heterocycles. The molecule has 0 spiro atoms. The van der Waals surface area contributed by atoms with Gasteiger partial charge in [-0.25, -0.2) is 9.03 Å². The summed E-state index contributed by atoms with van der Waals surface area (Å²) in [5, 5.41) is 19.6. The number of aliphatic hydroxyl groups excluding tert-OH is 1. The Hall–Kier alpha value is -3.20. The highest BCUT2D eigenvalue weighted by molar-refractivity contribution is 7.91. The summed E-state index contributed by atoms with van der Waals surface area (Å²) < 4.78 is 26.5. The van der Waals surface area contributed by atoms with Crippen LogP contribution in [0, 0.1) is 0 Å². The fourth-order valence-corrected chi connectivity index (χ4v) is 4.68. The highest BCUT2D eigenvalue weighted by atomic mass is 32.2. The maximum absolute atomic E-state index is 12.6. The molecule has 8 nitrogen and oxygen atoms in total. The van der Waals surface area contributed by atoms with Crippen LogP contribution in [0.3, 0.4) is 0 Å². The summed E-state index contributed by atoms with van der Waals surface area (Å²) in [4.78, 5) is 14.4.